The lowest BCUT2D eigenvalue weighted by atomic mass is 10.1. The smallest absolute Gasteiger partial charge is 0.0782 e. The molecule has 5 heteroatoms. The fraction of sp³-hybridized carbons (Fsp3) is 0.250. The van der Waals surface area contributed by atoms with Crippen LogP contribution in [0, 0.1) is 13.8 Å². The predicted octanol–water partition coefficient (Wildman–Crippen LogP) is 5.50. The molecule has 0 saturated carbocycles. The molecule has 2 aromatic rings. The molecule has 1 aliphatic rings. The van der Waals surface area contributed by atoms with Gasteiger partial charge in [-0.15, -0.1) is 0 Å². The van der Waals surface area contributed by atoms with E-state index in [2.05, 4.69) is 41.7 Å². The molecule has 21 heavy (non-hydrogen) atoms. The van der Waals surface area contributed by atoms with E-state index in [-0.39, 0.29) is 0 Å². The number of rotatable bonds is 2. The lowest BCUT2D eigenvalue weighted by Crippen LogP contribution is -2.26. The van der Waals surface area contributed by atoms with Gasteiger partial charge in [0.25, 0.3) is 0 Å². The maximum absolute atomic E-state index is 6.29. The quantitative estimate of drug-likeness (QED) is 0.727. The van der Waals surface area contributed by atoms with E-state index in [0.717, 1.165) is 23.8 Å². The van der Waals surface area contributed by atoms with Gasteiger partial charge in [0.1, 0.15) is 0 Å². The van der Waals surface area contributed by atoms with Crippen LogP contribution < -0.4 is 5.32 Å². The molecule has 2 aromatic carbocycles. The summed E-state index contributed by atoms with van der Waals surface area (Å²) in [5.41, 5.74) is 4.92. The van der Waals surface area contributed by atoms with Crippen LogP contribution in [-0.2, 0) is 6.54 Å². The molecule has 3 rings (SSSR count). The number of halogens is 2. The van der Waals surface area contributed by atoms with Crippen LogP contribution in [0.1, 0.15) is 16.7 Å². The van der Waals surface area contributed by atoms with Gasteiger partial charge in [0.2, 0.25) is 0 Å². The summed E-state index contributed by atoms with van der Waals surface area (Å²) in [5, 5.41) is 4.74. The number of benzene rings is 2. The molecule has 0 radical (unpaired) electrons. The van der Waals surface area contributed by atoms with Crippen molar-refractivity contribution in [1.29, 1.82) is 0 Å². The number of fused-ring (bicyclic) bond motifs is 1. The molecular formula is C16H16Cl2N2S. The number of aryl methyl sites for hydroxylation is 2. The summed E-state index contributed by atoms with van der Waals surface area (Å²) in [7, 11) is 0. The number of hydrogen-bond acceptors (Lipinski definition) is 3. The van der Waals surface area contributed by atoms with E-state index in [4.69, 9.17) is 23.2 Å². The summed E-state index contributed by atoms with van der Waals surface area (Å²) in [4.78, 5) is 1.04. The average Bonchev–Trinajstić information content (AvgIpc) is 2.38. The van der Waals surface area contributed by atoms with Crippen molar-refractivity contribution in [1.82, 2.24) is 4.31 Å². The molecule has 1 heterocycles. The lowest BCUT2D eigenvalue weighted by molar-refractivity contribution is 0.492. The van der Waals surface area contributed by atoms with Crippen molar-refractivity contribution >= 4 is 40.8 Å². The van der Waals surface area contributed by atoms with Crippen molar-refractivity contribution in [3.63, 3.8) is 0 Å². The van der Waals surface area contributed by atoms with E-state index < -0.39 is 0 Å². The van der Waals surface area contributed by atoms with E-state index in [9.17, 15) is 0 Å². The minimum Gasteiger partial charge on any atom is -0.370 e. The highest BCUT2D eigenvalue weighted by atomic mass is 35.5. The van der Waals surface area contributed by atoms with Gasteiger partial charge in [0.15, 0.2) is 0 Å². The third kappa shape index (κ3) is 3.49. The van der Waals surface area contributed by atoms with E-state index in [1.54, 1.807) is 18.0 Å². The molecule has 1 aliphatic heterocycles. The molecule has 0 spiro atoms. The zero-order valence-corrected chi connectivity index (χ0v) is 14.2. The Hall–Kier alpha value is -0.870. The first-order valence-corrected chi connectivity index (χ1v) is 8.27. The van der Waals surface area contributed by atoms with Crippen LogP contribution >= 0.6 is 35.1 Å². The average molecular weight is 339 g/mol. The second-order valence-electron chi connectivity index (χ2n) is 5.33. The lowest BCUT2D eigenvalue weighted by Gasteiger charge is -2.29. The Labute approximate surface area is 139 Å². The molecule has 0 saturated heterocycles. The normalized spacial score (nSPS) is 14.7. The van der Waals surface area contributed by atoms with Gasteiger partial charge in [0, 0.05) is 11.6 Å². The minimum atomic E-state index is 0.662. The molecule has 110 valence electrons. The largest absolute Gasteiger partial charge is 0.370 e. The van der Waals surface area contributed by atoms with Crippen molar-refractivity contribution in [3.8, 4) is 0 Å². The molecule has 0 amide bonds. The van der Waals surface area contributed by atoms with E-state index >= 15 is 0 Å². The van der Waals surface area contributed by atoms with Crippen LogP contribution in [0.4, 0.5) is 5.69 Å². The predicted molar refractivity (Wildman–Crippen MR) is 92.3 cm³/mol. The second-order valence-corrected chi connectivity index (χ2v) is 7.28. The molecule has 0 fully saturated rings. The summed E-state index contributed by atoms with van der Waals surface area (Å²) in [6, 6.07) is 10.4. The van der Waals surface area contributed by atoms with Gasteiger partial charge in [-0.3, -0.25) is 0 Å². The van der Waals surface area contributed by atoms with Crippen LogP contribution in [0.5, 0.6) is 0 Å². The van der Waals surface area contributed by atoms with Crippen molar-refractivity contribution in [2.45, 2.75) is 25.3 Å². The Morgan fingerprint density at radius 3 is 2.52 bits per heavy atom. The standard InChI is InChI=1S/C16H16Cl2N2S/c1-10-3-11(2)5-12(4-10)8-20-9-19-15-7-13(17)6-14(18)16(15)21-20/h3-7,19H,8-9H2,1-2H3. The maximum atomic E-state index is 6.29. The van der Waals surface area contributed by atoms with Gasteiger partial charge in [-0.1, -0.05) is 52.5 Å². The Balaban J connectivity index is 1.80. The molecule has 2 nitrogen and oxygen atoms in total. The van der Waals surface area contributed by atoms with E-state index in [0.29, 0.717) is 10.0 Å². The third-order valence-corrected chi connectivity index (χ3v) is 5.08. The van der Waals surface area contributed by atoms with Crippen LogP contribution in [0.2, 0.25) is 10.0 Å². The molecule has 0 unspecified atom stereocenters. The summed E-state index contributed by atoms with van der Waals surface area (Å²) < 4.78 is 2.26. The topological polar surface area (TPSA) is 15.3 Å². The third-order valence-electron chi connectivity index (χ3n) is 3.32. The molecule has 0 aliphatic carbocycles. The number of nitrogens with zero attached hydrogens (tertiary/aromatic N) is 1. The fourth-order valence-corrected chi connectivity index (χ4v) is 4.14. The first-order valence-electron chi connectivity index (χ1n) is 6.74. The van der Waals surface area contributed by atoms with Gasteiger partial charge < -0.3 is 5.32 Å². The van der Waals surface area contributed by atoms with Crippen molar-refractivity contribution in [2.24, 2.45) is 0 Å². The summed E-state index contributed by atoms with van der Waals surface area (Å²) in [6.07, 6.45) is 0. The van der Waals surface area contributed by atoms with E-state index in [1.807, 2.05) is 6.07 Å². The van der Waals surface area contributed by atoms with Gasteiger partial charge in [-0.2, -0.15) is 0 Å². The summed E-state index contributed by atoms with van der Waals surface area (Å²) >= 11 is 14.0. The first-order chi connectivity index (χ1) is 10.0. The van der Waals surface area contributed by atoms with Crippen molar-refractivity contribution < 1.29 is 0 Å². The Morgan fingerprint density at radius 2 is 1.81 bits per heavy atom. The molecule has 1 N–H and O–H groups in total. The minimum absolute atomic E-state index is 0.662. The van der Waals surface area contributed by atoms with Crippen LogP contribution in [-0.4, -0.2) is 11.0 Å². The summed E-state index contributed by atoms with van der Waals surface area (Å²) in [5.74, 6) is 0. The summed E-state index contributed by atoms with van der Waals surface area (Å²) in [6.45, 7) is 5.90. The Bertz CT molecular complexity index is 668. The Morgan fingerprint density at radius 1 is 1.10 bits per heavy atom. The molecule has 0 bridgehead atoms. The van der Waals surface area contributed by atoms with Crippen molar-refractivity contribution in [2.75, 3.05) is 12.0 Å². The van der Waals surface area contributed by atoms with Crippen LogP contribution in [0.15, 0.2) is 35.2 Å². The van der Waals surface area contributed by atoms with Gasteiger partial charge in [0.05, 0.1) is 22.3 Å². The number of nitrogens with one attached hydrogen (secondary N) is 1. The monoisotopic (exact) mass is 338 g/mol. The van der Waals surface area contributed by atoms with Gasteiger partial charge >= 0.3 is 0 Å². The number of anilines is 1. The highest BCUT2D eigenvalue weighted by molar-refractivity contribution is 7.97. The first kappa shape index (κ1) is 15.0. The molecular weight excluding hydrogens is 323 g/mol. The van der Waals surface area contributed by atoms with E-state index in [1.165, 1.54) is 16.7 Å². The fourth-order valence-electron chi connectivity index (χ4n) is 2.57. The van der Waals surface area contributed by atoms with Gasteiger partial charge in [-0.25, -0.2) is 4.31 Å². The zero-order chi connectivity index (χ0) is 15.0. The maximum Gasteiger partial charge on any atom is 0.0782 e. The molecule has 0 atom stereocenters. The second kappa shape index (κ2) is 6.09. The van der Waals surface area contributed by atoms with Crippen molar-refractivity contribution in [3.05, 3.63) is 57.1 Å². The van der Waals surface area contributed by atoms with Gasteiger partial charge in [-0.05, 0) is 43.5 Å². The highest BCUT2D eigenvalue weighted by Crippen LogP contribution is 2.41. The van der Waals surface area contributed by atoms with Crippen LogP contribution in [0.3, 0.4) is 0 Å². The SMILES string of the molecule is Cc1cc(C)cc(CN2CNc3cc(Cl)cc(Cl)c3S2)c1. The van der Waals surface area contributed by atoms with Crippen LogP contribution in [0.25, 0.3) is 0 Å². The highest BCUT2D eigenvalue weighted by Gasteiger charge is 2.20. The zero-order valence-electron chi connectivity index (χ0n) is 11.9. The Kier molecular flexibility index (Phi) is 4.36. The molecule has 0 aromatic heterocycles. The number of hydrogen-bond donors (Lipinski definition) is 1.